The zero-order chi connectivity index (χ0) is 10.7. The number of allylic oxidation sites excluding steroid dienone is 3. The van der Waals surface area contributed by atoms with Gasteiger partial charge in [-0.3, -0.25) is 4.79 Å². The number of carbonyl (C=O) groups is 1. The van der Waals surface area contributed by atoms with Gasteiger partial charge in [0.05, 0.1) is 0 Å². The maximum Gasteiger partial charge on any atom is 0.143 e. The van der Waals surface area contributed by atoms with Crippen molar-refractivity contribution in [2.75, 3.05) is 0 Å². The Morgan fingerprint density at radius 2 is 2.00 bits per heavy atom. The molecule has 0 radical (unpaired) electrons. The van der Waals surface area contributed by atoms with Crippen molar-refractivity contribution in [1.82, 2.24) is 0 Å². The van der Waals surface area contributed by atoms with Gasteiger partial charge in [-0.25, -0.2) is 0 Å². The van der Waals surface area contributed by atoms with E-state index < -0.39 is 0 Å². The van der Waals surface area contributed by atoms with Gasteiger partial charge >= 0.3 is 0 Å². The molecule has 0 amide bonds. The first-order valence-electron chi connectivity index (χ1n) is 5.22. The van der Waals surface area contributed by atoms with Gasteiger partial charge in [-0.15, -0.1) is 0 Å². The lowest BCUT2D eigenvalue weighted by atomic mass is 9.91. The van der Waals surface area contributed by atoms with Crippen molar-refractivity contribution in [3.8, 4) is 0 Å². The Morgan fingerprint density at radius 1 is 1.27 bits per heavy atom. The van der Waals surface area contributed by atoms with Crippen LogP contribution < -0.4 is 0 Å². The molecule has 1 aliphatic rings. The van der Waals surface area contributed by atoms with E-state index in [1.54, 1.807) is 0 Å². The van der Waals surface area contributed by atoms with Crippen LogP contribution in [0.2, 0.25) is 0 Å². The fourth-order valence-electron chi connectivity index (χ4n) is 1.66. The minimum absolute atomic E-state index is 0.0814. The van der Waals surface area contributed by atoms with Gasteiger partial charge in [-0.2, -0.15) is 0 Å². The Kier molecular flexibility index (Phi) is 2.82. The quantitative estimate of drug-likeness (QED) is 0.677. The van der Waals surface area contributed by atoms with Gasteiger partial charge in [-0.1, -0.05) is 55.5 Å². The molecule has 1 nitrogen and oxygen atoms in total. The Balaban J connectivity index is 2.23. The summed E-state index contributed by atoms with van der Waals surface area (Å²) in [4.78, 5) is 11.5. The van der Waals surface area contributed by atoms with E-state index in [0.717, 1.165) is 11.1 Å². The van der Waals surface area contributed by atoms with E-state index in [1.165, 1.54) is 0 Å². The number of hydrogen-bond donors (Lipinski definition) is 0. The zero-order valence-electron chi connectivity index (χ0n) is 8.81. The van der Waals surface area contributed by atoms with E-state index >= 15 is 0 Å². The Bertz CT molecular complexity index is 412. The van der Waals surface area contributed by atoms with E-state index in [9.17, 15) is 4.79 Å². The van der Waals surface area contributed by atoms with Crippen molar-refractivity contribution in [1.29, 1.82) is 0 Å². The smallest absolute Gasteiger partial charge is 0.143 e. The zero-order valence-corrected chi connectivity index (χ0v) is 8.81. The van der Waals surface area contributed by atoms with Crippen molar-refractivity contribution in [3.63, 3.8) is 0 Å². The molecule has 0 saturated carbocycles. The average molecular weight is 198 g/mol. The second kappa shape index (κ2) is 4.26. The van der Waals surface area contributed by atoms with Crippen molar-refractivity contribution in [3.05, 3.63) is 53.6 Å². The maximum atomic E-state index is 11.5. The minimum Gasteiger partial charge on any atom is -0.299 e. The molecule has 15 heavy (non-hydrogen) atoms. The van der Waals surface area contributed by atoms with E-state index in [1.807, 2.05) is 43.3 Å². The molecule has 0 aliphatic heterocycles. The van der Waals surface area contributed by atoms with Gasteiger partial charge in [-0.05, 0) is 11.1 Å². The highest BCUT2D eigenvalue weighted by Gasteiger charge is 2.15. The SMILES string of the molecule is CC1C=CC(=Cc2ccccc2)CC1=O. The highest BCUT2D eigenvalue weighted by molar-refractivity contribution is 5.88. The third-order valence-corrected chi connectivity index (χ3v) is 2.64. The van der Waals surface area contributed by atoms with Crippen molar-refractivity contribution in [2.24, 2.45) is 5.92 Å². The molecule has 0 fully saturated rings. The van der Waals surface area contributed by atoms with Crippen LogP contribution in [0, 0.1) is 5.92 Å². The van der Waals surface area contributed by atoms with Crippen LogP contribution in [-0.4, -0.2) is 5.78 Å². The number of hydrogen-bond acceptors (Lipinski definition) is 1. The molecule has 0 aromatic heterocycles. The van der Waals surface area contributed by atoms with Gasteiger partial charge in [0.25, 0.3) is 0 Å². The summed E-state index contributed by atoms with van der Waals surface area (Å²) in [5.74, 6) is 0.387. The fourth-order valence-corrected chi connectivity index (χ4v) is 1.66. The first-order chi connectivity index (χ1) is 7.25. The number of ketones is 1. The molecular formula is C14H14O. The molecule has 76 valence electrons. The van der Waals surface area contributed by atoms with Crippen LogP contribution in [-0.2, 0) is 4.79 Å². The molecule has 0 N–H and O–H groups in total. The van der Waals surface area contributed by atoms with Crippen molar-refractivity contribution >= 4 is 11.9 Å². The van der Waals surface area contributed by atoms with Gasteiger partial charge in [0.15, 0.2) is 0 Å². The predicted octanol–water partition coefficient (Wildman–Crippen LogP) is 3.24. The standard InChI is InChI=1S/C14H14O/c1-11-7-8-13(10-14(11)15)9-12-5-3-2-4-6-12/h2-9,11H,10H2,1H3. The maximum absolute atomic E-state index is 11.5. The Morgan fingerprint density at radius 3 is 2.67 bits per heavy atom. The summed E-state index contributed by atoms with van der Waals surface area (Å²) >= 11 is 0. The number of Topliss-reactive ketones (excluding diaryl/α,β-unsaturated/α-hetero) is 1. The Hall–Kier alpha value is -1.63. The second-order valence-electron chi connectivity index (χ2n) is 3.92. The van der Waals surface area contributed by atoms with Crippen LogP contribution in [0.5, 0.6) is 0 Å². The van der Waals surface area contributed by atoms with Crippen LogP contribution in [0.25, 0.3) is 6.08 Å². The highest BCUT2D eigenvalue weighted by Crippen LogP contribution is 2.20. The fraction of sp³-hybridized carbons (Fsp3) is 0.214. The monoisotopic (exact) mass is 198 g/mol. The number of rotatable bonds is 1. The first-order valence-corrected chi connectivity index (χ1v) is 5.22. The lowest BCUT2D eigenvalue weighted by molar-refractivity contribution is -0.120. The molecule has 1 heteroatoms. The van der Waals surface area contributed by atoms with Gasteiger partial charge in [0, 0.05) is 12.3 Å². The Labute approximate surface area is 90.1 Å². The van der Waals surface area contributed by atoms with Crippen molar-refractivity contribution in [2.45, 2.75) is 13.3 Å². The lowest BCUT2D eigenvalue weighted by Crippen LogP contribution is -2.12. The summed E-state index contributed by atoms with van der Waals surface area (Å²) in [5, 5.41) is 0. The van der Waals surface area contributed by atoms with E-state index in [4.69, 9.17) is 0 Å². The van der Waals surface area contributed by atoms with Crippen LogP contribution in [0.4, 0.5) is 0 Å². The lowest BCUT2D eigenvalue weighted by Gasteiger charge is -2.12. The largest absolute Gasteiger partial charge is 0.299 e. The third-order valence-electron chi connectivity index (χ3n) is 2.64. The molecule has 1 aromatic carbocycles. The van der Waals surface area contributed by atoms with Gasteiger partial charge in [0.2, 0.25) is 0 Å². The van der Waals surface area contributed by atoms with Crippen LogP contribution in [0.1, 0.15) is 18.9 Å². The van der Waals surface area contributed by atoms with E-state index in [2.05, 4.69) is 12.2 Å². The summed E-state index contributed by atoms with van der Waals surface area (Å²) in [5.41, 5.74) is 2.25. The molecule has 2 rings (SSSR count). The molecule has 1 aliphatic carbocycles. The van der Waals surface area contributed by atoms with Crippen molar-refractivity contribution < 1.29 is 4.79 Å². The molecule has 0 spiro atoms. The molecule has 0 saturated heterocycles. The summed E-state index contributed by atoms with van der Waals surface area (Å²) in [6.45, 7) is 1.94. The number of carbonyl (C=O) groups excluding carboxylic acids is 1. The van der Waals surface area contributed by atoms with Gasteiger partial charge in [0.1, 0.15) is 5.78 Å². The summed E-state index contributed by atoms with van der Waals surface area (Å²) in [7, 11) is 0. The molecule has 0 bridgehead atoms. The van der Waals surface area contributed by atoms with Crippen LogP contribution in [0.15, 0.2) is 48.1 Å². The van der Waals surface area contributed by atoms with Crippen LogP contribution in [0.3, 0.4) is 0 Å². The summed E-state index contributed by atoms with van der Waals surface area (Å²) < 4.78 is 0. The number of benzene rings is 1. The van der Waals surface area contributed by atoms with E-state index in [0.29, 0.717) is 12.2 Å². The van der Waals surface area contributed by atoms with E-state index in [-0.39, 0.29) is 5.92 Å². The molecule has 0 heterocycles. The average Bonchev–Trinajstić information content (AvgIpc) is 2.25. The third kappa shape index (κ3) is 2.44. The van der Waals surface area contributed by atoms with Crippen LogP contribution >= 0.6 is 0 Å². The summed E-state index contributed by atoms with van der Waals surface area (Å²) in [6, 6.07) is 10.1. The highest BCUT2D eigenvalue weighted by atomic mass is 16.1. The summed E-state index contributed by atoms with van der Waals surface area (Å²) in [6.07, 6.45) is 6.66. The molecule has 1 unspecified atom stereocenters. The first kappa shape index (κ1) is 9.91. The predicted molar refractivity (Wildman–Crippen MR) is 62.3 cm³/mol. The minimum atomic E-state index is 0.0814. The molecular weight excluding hydrogens is 184 g/mol. The molecule has 1 aromatic rings. The normalized spacial score (nSPS) is 23.4. The topological polar surface area (TPSA) is 17.1 Å². The van der Waals surface area contributed by atoms with Gasteiger partial charge < -0.3 is 0 Å². The molecule has 1 atom stereocenters. The second-order valence-corrected chi connectivity index (χ2v) is 3.92.